The summed E-state index contributed by atoms with van der Waals surface area (Å²) < 4.78 is 94.7. The lowest BCUT2D eigenvalue weighted by Gasteiger charge is -2.19. The minimum atomic E-state index is -4.70. The van der Waals surface area contributed by atoms with Gasteiger partial charge in [0.05, 0.1) is 34.1 Å². The number of para-hydroxylation sites is 2. The van der Waals surface area contributed by atoms with Gasteiger partial charge in [-0.25, -0.2) is 26.5 Å². The summed E-state index contributed by atoms with van der Waals surface area (Å²) in [6.45, 7) is 0. The number of halogens is 4. The molecule has 3 N–H and O–H groups in total. The van der Waals surface area contributed by atoms with Gasteiger partial charge < -0.3 is 4.98 Å². The van der Waals surface area contributed by atoms with E-state index in [2.05, 4.69) is 14.7 Å². The van der Waals surface area contributed by atoms with Crippen molar-refractivity contribution in [2.75, 3.05) is 0 Å². The molecule has 3 aromatic carbocycles. The van der Waals surface area contributed by atoms with E-state index in [-0.39, 0.29) is 18.7 Å². The van der Waals surface area contributed by atoms with E-state index in [4.69, 9.17) is 11.6 Å². The molecule has 0 spiro atoms. The summed E-state index contributed by atoms with van der Waals surface area (Å²) in [7, 11) is -8.28. The van der Waals surface area contributed by atoms with Gasteiger partial charge in [0.2, 0.25) is 26.0 Å². The lowest BCUT2D eigenvalue weighted by molar-refractivity contribution is -0.137. The van der Waals surface area contributed by atoms with Crippen LogP contribution >= 0.6 is 11.6 Å². The van der Waals surface area contributed by atoms with E-state index in [9.17, 15) is 34.8 Å². The topological polar surface area (TPSA) is 138 Å². The fourth-order valence-electron chi connectivity index (χ4n) is 4.43. The Morgan fingerprint density at radius 1 is 1.07 bits per heavy atom. The van der Waals surface area contributed by atoms with Crippen molar-refractivity contribution in [3.63, 3.8) is 0 Å². The van der Waals surface area contributed by atoms with Crippen molar-refractivity contribution in [3.05, 3.63) is 94.3 Å². The number of amides is 1. The van der Waals surface area contributed by atoms with Crippen LogP contribution in [0, 0.1) is 0 Å². The van der Waals surface area contributed by atoms with Crippen LogP contribution in [0.5, 0.6) is 0 Å². The average molecular weight is 613 g/mol. The minimum Gasteiger partial charge on any atom is -0.341 e. The molecule has 1 aliphatic heterocycles. The Morgan fingerprint density at radius 3 is 2.38 bits per heavy atom. The maximum atomic E-state index is 13.3. The Morgan fingerprint density at radius 2 is 1.77 bits per heavy atom. The summed E-state index contributed by atoms with van der Waals surface area (Å²) in [5.41, 5.74) is 1.08. The molecular weight excluding hydrogens is 593 g/mol. The van der Waals surface area contributed by atoms with Crippen molar-refractivity contribution >= 4 is 48.6 Å². The summed E-state index contributed by atoms with van der Waals surface area (Å²) in [5, 5.41) is -1.64. The normalized spacial score (nSPS) is 18.1. The molecule has 1 fully saturated rings. The number of carbonyl (C=O) groups excluding carboxylic acids is 1. The molecule has 2 heterocycles. The van der Waals surface area contributed by atoms with Crippen LogP contribution in [0.25, 0.3) is 11.0 Å². The Labute approximate surface area is 231 Å². The SMILES string of the molecule is O=C1CC(c2ccc(C[C@H](NS(=O)(=O)c3ccc(C(F)(F)F)cc3Cl)c3nc4ccccc4[nH]3)cc2)S(=O)(=O)N1. The molecule has 1 unspecified atom stereocenters. The Hall–Kier alpha value is -3.46. The van der Waals surface area contributed by atoms with E-state index in [0.29, 0.717) is 34.3 Å². The molecule has 15 heteroatoms. The molecule has 9 nitrogen and oxygen atoms in total. The van der Waals surface area contributed by atoms with Crippen molar-refractivity contribution in [3.8, 4) is 0 Å². The van der Waals surface area contributed by atoms with Crippen molar-refractivity contribution in [1.29, 1.82) is 0 Å². The van der Waals surface area contributed by atoms with Gasteiger partial charge in [-0.05, 0) is 47.9 Å². The number of aromatic amines is 1. The van der Waals surface area contributed by atoms with Gasteiger partial charge in [0, 0.05) is 0 Å². The molecule has 0 aliphatic carbocycles. The second-order valence-electron chi connectivity index (χ2n) is 9.16. The first kappa shape index (κ1) is 28.1. The van der Waals surface area contributed by atoms with Crippen LogP contribution < -0.4 is 9.44 Å². The van der Waals surface area contributed by atoms with Gasteiger partial charge in [-0.1, -0.05) is 48.0 Å². The highest BCUT2D eigenvalue weighted by atomic mass is 35.5. The number of H-pyrrole nitrogens is 1. The van der Waals surface area contributed by atoms with E-state index in [1.807, 2.05) is 4.72 Å². The number of sulfonamides is 2. The number of aromatic nitrogens is 2. The molecule has 1 amide bonds. The molecule has 2 atom stereocenters. The third-order valence-corrected chi connectivity index (χ3v) is 10.0. The molecule has 210 valence electrons. The summed E-state index contributed by atoms with van der Waals surface area (Å²) in [6.07, 6.45) is -4.88. The van der Waals surface area contributed by atoms with E-state index in [1.54, 1.807) is 36.4 Å². The van der Waals surface area contributed by atoms with Gasteiger partial charge in [0.1, 0.15) is 16.0 Å². The first-order valence-corrected chi connectivity index (χ1v) is 15.1. The Kier molecular flexibility index (Phi) is 7.15. The van der Waals surface area contributed by atoms with Crippen LogP contribution in [-0.4, -0.2) is 32.7 Å². The summed E-state index contributed by atoms with van der Waals surface area (Å²) in [5.74, 6) is -0.361. The van der Waals surface area contributed by atoms with Crippen LogP contribution in [0.4, 0.5) is 13.2 Å². The first-order chi connectivity index (χ1) is 18.7. The largest absolute Gasteiger partial charge is 0.416 e. The fraction of sp³-hybridized carbons (Fsp3) is 0.200. The minimum absolute atomic E-state index is 0.0339. The lowest BCUT2D eigenvalue weighted by Crippen LogP contribution is -2.31. The Balaban J connectivity index is 1.47. The van der Waals surface area contributed by atoms with Gasteiger partial charge in [0.15, 0.2) is 0 Å². The summed E-state index contributed by atoms with van der Waals surface area (Å²) in [4.78, 5) is 18.6. The number of fused-ring (bicyclic) bond motifs is 1. The van der Waals surface area contributed by atoms with Crippen LogP contribution in [0.2, 0.25) is 5.02 Å². The number of carbonyl (C=O) groups is 1. The van der Waals surface area contributed by atoms with E-state index >= 15 is 0 Å². The van der Waals surface area contributed by atoms with E-state index in [0.717, 1.165) is 6.07 Å². The second-order valence-corrected chi connectivity index (χ2v) is 13.1. The van der Waals surface area contributed by atoms with Crippen LogP contribution in [0.1, 0.15) is 40.2 Å². The number of rotatable bonds is 7. The quantitative estimate of drug-likeness (QED) is 0.283. The highest BCUT2D eigenvalue weighted by molar-refractivity contribution is 7.90. The molecule has 40 heavy (non-hydrogen) atoms. The standard InChI is InChI=1S/C25H20ClF3N4O5S2/c26-17-12-16(25(27,28)29)9-10-21(17)39(35,36)32-20(24-30-18-3-1-2-4-19(18)31-24)11-14-5-7-15(8-6-14)22-13-23(34)33-40(22,37)38/h1-10,12,20,22,32H,11,13H2,(H,30,31)(H,33,34)/t20-,22?/m0/s1. The maximum absolute atomic E-state index is 13.3. The number of benzene rings is 3. The number of nitrogens with zero attached hydrogens (tertiary/aromatic N) is 1. The highest BCUT2D eigenvalue weighted by Crippen LogP contribution is 2.34. The zero-order valence-electron chi connectivity index (χ0n) is 20.2. The van der Waals surface area contributed by atoms with Crippen LogP contribution in [0.3, 0.4) is 0 Å². The third kappa shape index (κ3) is 5.70. The highest BCUT2D eigenvalue weighted by Gasteiger charge is 2.38. The second kappa shape index (κ2) is 10.2. The first-order valence-electron chi connectivity index (χ1n) is 11.7. The van der Waals surface area contributed by atoms with E-state index < -0.39 is 58.9 Å². The van der Waals surface area contributed by atoms with Crippen LogP contribution in [-0.2, 0) is 37.4 Å². The number of imidazole rings is 1. The third-order valence-electron chi connectivity index (χ3n) is 6.38. The molecule has 5 rings (SSSR count). The number of alkyl halides is 3. The predicted molar refractivity (Wildman–Crippen MR) is 140 cm³/mol. The van der Waals surface area contributed by atoms with Gasteiger partial charge in [-0.2, -0.15) is 13.2 Å². The number of hydrogen-bond donors (Lipinski definition) is 3. The molecule has 0 bridgehead atoms. The molecule has 1 aliphatic rings. The summed E-state index contributed by atoms with van der Waals surface area (Å²) in [6, 6.07) is 14.2. The molecular formula is C25H20ClF3N4O5S2. The molecule has 0 saturated carbocycles. The maximum Gasteiger partial charge on any atom is 0.416 e. The summed E-state index contributed by atoms with van der Waals surface area (Å²) >= 11 is 5.97. The van der Waals surface area contributed by atoms with Crippen molar-refractivity contribution in [2.24, 2.45) is 0 Å². The van der Waals surface area contributed by atoms with Gasteiger partial charge >= 0.3 is 6.18 Å². The zero-order valence-corrected chi connectivity index (χ0v) is 22.6. The number of nitrogens with one attached hydrogen (secondary N) is 3. The Bertz CT molecular complexity index is 1790. The van der Waals surface area contributed by atoms with Gasteiger partial charge in [-0.15, -0.1) is 0 Å². The fourth-order valence-corrected chi connectivity index (χ4v) is 7.60. The van der Waals surface area contributed by atoms with Crippen molar-refractivity contribution in [2.45, 2.75) is 35.2 Å². The average Bonchev–Trinajstić information content (AvgIpc) is 3.42. The predicted octanol–water partition coefficient (Wildman–Crippen LogP) is 4.39. The van der Waals surface area contributed by atoms with Crippen molar-refractivity contribution < 1.29 is 34.8 Å². The molecule has 1 aromatic heterocycles. The van der Waals surface area contributed by atoms with Crippen LogP contribution in [0.15, 0.2) is 71.6 Å². The lowest BCUT2D eigenvalue weighted by atomic mass is 10.0. The van der Waals surface area contributed by atoms with E-state index in [1.165, 1.54) is 12.1 Å². The zero-order chi connectivity index (χ0) is 28.9. The smallest absolute Gasteiger partial charge is 0.341 e. The van der Waals surface area contributed by atoms with Gasteiger partial charge in [-0.3, -0.25) is 9.52 Å². The molecule has 0 radical (unpaired) electrons. The molecule has 4 aromatic rings. The van der Waals surface area contributed by atoms with Crippen molar-refractivity contribution in [1.82, 2.24) is 19.4 Å². The monoisotopic (exact) mass is 612 g/mol. The number of hydrogen-bond acceptors (Lipinski definition) is 6. The molecule has 1 saturated heterocycles. The van der Waals surface area contributed by atoms with Gasteiger partial charge in [0.25, 0.3) is 0 Å².